The normalized spacial score (nSPS) is 15.1. The Hall–Kier alpha value is -3.13. The first-order valence-electron chi connectivity index (χ1n) is 11.5. The van der Waals surface area contributed by atoms with Crippen molar-refractivity contribution in [3.8, 4) is 0 Å². The van der Waals surface area contributed by atoms with E-state index in [-0.39, 0.29) is 23.3 Å². The number of aromatic amines is 1. The number of nitrogens with zero attached hydrogens (tertiary/aromatic N) is 1. The zero-order valence-electron chi connectivity index (χ0n) is 21.4. The van der Waals surface area contributed by atoms with Gasteiger partial charge in [0, 0.05) is 23.8 Å². The Bertz CT molecular complexity index is 1030. The van der Waals surface area contributed by atoms with Crippen LogP contribution in [0, 0.1) is 11.3 Å². The van der Waals surface area contributed by atoms with Crippen molar-refractivity contribution in [3.05, 3.63) is 47.7 Å². The number of carbonyl (C=O) groups is 3. The van der Waals surface area contributed by atoms with E-state index in [1.54, 1.807) is 20.2 Å². The molecule has 0 fully saturated rings. The van der Waals surface area contributed by atoms with Crippen LogP contribution in [0.1, 0.15) is 53.3 Å². The van der Waals surface area contributed by atoms with E-state index in [9.17, 15) is 19.5 Å². The van der Waals surface area contributed by atoms with Gasteiger partial charge in [-0.15, -0.1) is 0 Å². The average molecular weight is 471 g/mol. The number of hydrogen-bond acceptors (Lipinski definition) is 4. The molecule has 2 amide bonds. The zero-order valence-corrected chi connectivity index (χ0v) is 21.4. The van der Waals surface area contributed by atoms with Gasteiger partial charge >= 0.3 is 5.97 Å². The molecule has 1 aromatic carbocycles. The topological polar surface area (TPSA) is 115 Å². The van der Waals surface area contributed by atoms with Gasteiger partial charge in [-0.3, -0.25) is 9.59 Å². The third-order valence-electron chi connectivity index (χ3n) is 6.05. The van der Waals surface area contributed by atoms with E-state index in [2.05, 4.69) is 15.6 Å². The molecule has 2 aromatic rings. The number of likely N-dealkylation sites (N-methyl/N-ethyl adjacent to an activating group) is 2. The monoisotopic (exact) mass is 470 g/mol. The lowest BCUT2D eigenvalue weighted by Crippen LogP contribution is -2.57. The first-order chi connectivity index (χ1) is 15.8. The summed E-state index contributed by atoms with van der Waals surface area (Å²) in [4.78, 5) is 43.1. The number of carboxylic acid groups (broad SMARTS) is 1. The zero-order chi connectivity index (χ0) is 25.8. The van der Waals surface area contributed by atoms with Crippen LogP contribution < -0.4 is 10.6 Å². The summed E-state index contributed by atoms with van der Waals surface area (Å²) >= 11 is 0. The minimum absolute atomic E-state index is 0.0176. The van der Waals surface area contributed by atoms with Crippen LogP contribution in [0.4, 0.5) is 0 Å². The molecule has 0 aliphatic heterocycles. The fourth-order valence-electron chi connectivity index (χ4n) is 3.98. The van der Waals surface area contributed by atoms with Gasteiger partial charge in [0.25, 0.3) is 0 Å². The van der Waals surface area contributed by atoms with Crippen molar-refractivity contribution in [2.75, 3.05) is 14.1 Å². The molecule has 3 atom stereocenters. The number of H-pyrrole nitrogens is 1. The maximum atomic E-state index is 13.6. The molecule has 0 saturated carbocycles. The molecule has 1 heterocycles. The Labute approximate surface area is 201 Å². The second kappa shape index (κ2) is 10.9. The van der Waals surface area contributed by atoms with Crippen molar-refractivity contribution in [2.24, 2.45) is 11.3 Å². The van der Waals surface area contributed by atoms with Crippen molar-refractivity contribution < 1.29 is 19.5 Å². The molecule has 34 heavy (non-hydrogen) atoms. The quantitative estimate of drug-likeness (QED) is 0.419. The number of aromatic nitrogens is 1. The van der Waals surface area contributed by atoms with E-state index in [1.165, 1.54) is 11.8 Å². The summed E-state index contributed by atoms with van der Waals surface area (Å²) in [6.07, 6.45) is 1.59. The number of carbonyl (C=O) groups excluding carboxylic acids is 2. The van der Waals surface area contributed by atoms with Crippen LogP contribution in [0.3, 0.4) is 0 Å². The smallest absolute Gasteiger partial charge is 0.331 e. The predicted octanol–water partition coefficient (Wildman–Crippen LogP) is 3.47. The van der Waals surface area contributed by atoms with Crippen molar-refractivity contribution in [3.63, 3.8) is 0 Å². The maximum Gasteiger partial charge on any atom is 0.331 e. The van der Waals surface area contributed by atoms with E-state index in [1.807, 2.05) is 65.0 Å². The van der Waals surface area contributed by atoms with Crippen LogP contribution in [-0.4, -0.2) is 59.0 Å². The Balaban J connectivity index is 2.33. The molecule has 0 spiro atoms. The van der Waals surface area contributed by atoms with Gasteiger partial charge in [0.2, 0.25) is 11.8 Å². The van der Waals surface area contributed by atoms with Gasteiger partial charge in [-0.2, -0.15) is 0 Å². The summed E-state index contributed by atoms with van der Waals surface area (Å²) in [7, 11) is 3.35. The molecular formula is C26H38N4O4. The highest BCUT2D eigenvalue weighted by Crippen LogP contribution is 2.25. The molecule has 0 radical (unpaired) electrons. The Morgan fingerprint density at radius 3 is 2.26 bits per heavy atom. The molecule has 4 N–H and O–H groups in total. The number of amides is 2. The summed E-state index contributed by atoms with van der Waals surface area (Å²) in [5.41, 5.74) is 1.22. The van der Waals surface area contributed by atoms with Crippen LogP contribution in [0.25, 0.3) is 10.9 Å². The molecule has 0 aliphatic carbocycles. The van der Waals surface area contributed by atoms with Gasteiger partial charge in [-0.25, -0.2) is 4.79 Å². The van der Waals surface area contributed by atoms with Crippen molar-refractivity contribution in [1.29, 1.82) is 0 Å². The van der Waals surface area contributed by atoms with Crippen molar-refractivity contribution >= 4 is 28.7 Å². The lowest BCUT2D eigenvalue weighted by atomic mass is 9.84. The number of benzene rings is 1. The van der Waals surface area contributed by atoms with Crippen LogP contribution in [0.2, 0.25) is 0 Å². The van der Waals surface area contributed by atoms with E-state index in [0.717, 1.165) is 10.9 Å². The fourth-order valence-corrected chi connectivity index (χ4v) is 3.98. The van der Waals surface area contributed by atoms with E-state index in [4.69, 9.17) is 0 Å². The molecule has 8 heteroatoms. The van der Waals surface area contributed by atoms with Gasteiger partial charge in [-0.05, 0) is 42.8 Å². The number of nitrogens with one attached hydrogen (secondary N) is 3. The molecule has 2 rings (SSSR count). The fraction of sp³-hybridized carbons (Fsp3) is 0.500. The van der Waals surface area contributed by atoms with Gasteiger partial charge in [0.15, 0.2) is 0 Å². The number of para-hydroxylation sites is 1. The number of fused-ring (bicyclic) bond motifs is 1. The Morgan fingerprint density at radius 1 is 1.15 bits per heavy atom. The minimum Gasteiger partial charge on any atom is -0.478 e. The first-order valence-corrected chi connectivity index (χ1v) is 11.5. The molecule has 0 bridgehead atoms. The number of hydrogen-bond donors (Lipinski definition) is 4. The lowest BCUT2D eigenvalue weighted by Gasteiger charge is -2.38. The summed E-state index contributed by atoms with van der Waals surface area (Å²) in [6, 6.07) is 7.77. The van der Waals surface area contributed by atoms with Crippen molar-refractivity contribution in [2.45, 2.75) is 59.7 Å². The van der Waals surface area contributed by atoms with Crippen LogP contribution >= 0.6 is 0 Å². The Morgan fingerprint density at radius 2 is 1.76 bits per heavy atom. The van der Waals surface area contributed by atoms with E-state index in [0.29, 0.717) is 5.69 Å². The Kier molecular flexibility index (Phi) is 8.66. The highest BCUT2D eigenvalue weighted by Gasteiger charge is 2.38. The molecule has 0 unspecified atom stereocenters. The first kappa shape index (κ1) is 27.1. The summed E-state index contributed by atoms with van der Waals surface area (Å²) in [6.45, 7) is 11.0. The summed E-state index contributed by atoms with van der Waals surface area (Å²) in [5.74, 6) is -1.65. The minimum atomic E-state index is -1.03. The third-order valence-corrected chi connectivity index (χ3v) is 6.05. The maximum absolute atomic E-state index is 13.6. The van der Waals surface area contributed by atoms with Gasteiger partial charge < -0.3 is 25.6 Å². The van der Waals surface area contributed by atoms with Gasteiger partial charge in [0.05, 0.1) is 6.04 Å². The largest absolute Gasteiger partial charge is 0.478 e. The standard InChI is InChI=1S/C26H38N4O4/c1-15(2)20(13-16(3)25(33)34)30(8)24(32)22(26(4,5)6)29-23(31)21(27-7)19-14-17-11-9-10-12-18(17)28-19/h9-15,20-22,27-28H,1-8H3,(H,29,31)(H,33,34)/b16-13+/t20-,21-,22-/m1/s1. The summed E-state index contributed by atoms with van der Waals surface area (Å²) < 4.78 is 0. The molecular weight excluding hydrogens is 432 g/mol. The van der Waals surface area contributed by atoms with Crippen LogP contribution in [0.5, 0.6) is 0 Å². The second-order valence-electron chi connectivity index (χ2n) is 10.2. The highest BCUT2D eigenvalue weighted by atomic mass is 16.4. The molecule has 0 aliphatic rings. The van der Waals surface area contributed by atoms with Crippen LogP contribution in [-0.2, 0) is 14.4 Å². The predicted molar refractivity (Wildman–Crippen MR) is 134 cm³/mol. The van der Waals surface area contributed by atoms with Gasteiger partial charge in [0.1, 0.15) is 12.1 Å². The second-order valence-corrected chi connectivity index (χ2v) is 10.2. The number of aliphatic carboxylic acids is 1. The third kappa shape index (κ3) is 6.26. The number of carboxylic acids is 1. The highest BCUT2D eigenvalue weighted by molar-refractivity contribution is 5.92. The lowest BCUT2D eigenvalue weighted by molar-refractivity contribution is -0.140. The van der Waals surface area contributed by atoms with Gasteiger partial charge in [-0.1, -0.05) is 58.9 Å². The summed E-state index contributed by atoms with van der Waals surface area (Å²) in [5, 5.41) is 16.3. The number of rotatable bonds is 9. The average Bonchev–Trinajstić information content (AvgIpc) is 3.17. The van der Waals surface area contributed by atoms with E-state index >= 15 is 0 Å². The molecule has 186 valence electrons. The molecule has 0 saturated heterocycles. The van der Waals surface area contributed by atoms with Crippen molar-refractivity contribution in [1.82, 2.24) is 20.5 Å². The molecule has 8 nitrogen and oxygen atoms in total. The molecule has 1 aromatic heterocycles. The van der Waals surface area contributed by atoms with E-state index < -0.39 is 29.5 Å². The van der Waals surface area contributed by atoms with Crippen LogP contribution in [0.15, 0.2) is 42.0 Å². The SMILES string of the molecule is CN[C@@H](C(=O)N[C@H](C(=O)N(C)[C@H](/C=C(\C)C(=O)O)C(C)C)C(C)(C)C)c1cc2ccccc2[nH]1.